The molecule has 0 bridgehead atoms. The van der Waals surface area contributed by atoms with Crippen LogP contribution in [0.4, 0.5) is 9.52 Å². The van der Waals surface area contributed by atoms with Crippen molar-refractivity contribution < 1.29 is 18.7 Å². The van der Waals surface area contributed by atoms with Crippen molar-refractivity contribution in [3.05, 3.63) is 58.2 Å². The highest BCUT2D eigenvalue weighted by atomic mass is 32.1. The van der Waals surface area contributed by atoms with E-state index in [9.17, 15) is 9.18 Å². The minimum atomic E-state index is -0.340. The summed E-state index contributed by atoms with van der Waals surface area (Å²) in [5.74, 6) is 0.571. The van der Waals surface area contributed by atoms with E-state index in [4.69, 9.17) is 9.47 Å². The molecule has 0 spiro atoms. The summed E-state index contributed by atoms with van der Waals surface area (Å²) >= 11 is 1.37. The lowest BCUT2D eigenvalue weighted by atomic mass is 10.1. The van der Waals surface area contributed by atoms with E-state index in [-0.39, 0.29) is 11.7 Å². The van der Waals surface area contributed by atoms with Gasteiger partial charge in [0.25, 0.3) is 5.91 Å². The summed E-state index contributed by atoms with van der Waals surface area (Å²) in [4.78, 5) is 17.9. The van der Waals surface area contributed by atoms with E-state index >= 15 is 0 Å². The molecule has 0 unspecified atom stereocenters. The van der Waals surface area contributed by atoms with Gasteiger partial charge < -0.3 is 9.47 Å². The van der Waals surface area contributed by atoms with Gasteiger partial charge in [-0.2, -0.15) is 0 Å². The average molecular weight is 386 g/mol. The molecular formula is C20H19FN2O3S. The number of halogens is 1. The van der Waals surface area contributed by atoms with E-state index in [1.807, 2.05) is 25.1 Å². The molecule has 0 radical (unpaired) electrons. The molecule has 0 aliphatic rings. The summed E-state index contributed by atoms with van der Waals surface area (Å²) < 4.78 is 24.0. The van der Waals surface area contributed by atoms with Crippen LogP contribution in [0.15, 0.2) is 36.4 Å². The molecule has 5 nitrogen and oxygen atoms in total. The summed E-state index contributed by atoms with van der Waals surface area (Å²) in [7, 11) is 3.16. The molecule has 1 aromatic heterocycles. The summed E-state index contributed by atoms with van der Waals surface area (Å²) in [5, 5.41) is 3.25. The van der Waals surface area contributed by atoms with E-state index < -0.39 is 0 Å². The van der Waals surface area contributed by atoms with Gasteiger partial charge >= 0.3 is 0 Å². The lowest BCUT2D eigenvalue weighted by Gasteiger charge is -2.08. The third kappa shape index (κ3) is 3.93. The van der Waals surface area contributed by atoms with Crippen molar-refractivity contribution in [2.45, 2.75) is 13.8 Å². The fourth-order valence-electron chi connectivity index (χ4n) is 2.66. The predicted molar refractivity (Wildman–Crippen MR) is 104 cm³/mol. The van der Waals surface area contributed by atoms with E-state index in [0.717, 1.165) is 16.1 Å². The van der Waals surface area contributed by atoms with Gasteiger partial charge in [-0.15, -0.1) is 11.3 Å². The second-order valence-electron chi connectivity index (χ2n) is 5.91. The maximum absolute atomic E-state index is 13.4. The Morgan fingerprint density at radius 1 is 1.07 bits per heavy atom. The molecule has 140 valence electrons. The number of ether oxygens (including phenoxy) is 2. The standard InChI is InChI=1S/C20H19FN2O3S/c1-11-9-14(5-7-15(11)21)19(24)23-20-22-18(12(2)27-20)13-6-8-16(25-3)17(10-13)26-4/h5-10H,1-4H3,(H,22,23,24). The molecule has 3 aromatic rings. The maximum Gasteiger partial charge on any atom is 0.257 e. The Labute approximate surface area is 160 Å². The number of hydrogen-bond acceptors (Lipinski definition) is 5. The van der Waals surface area contributed by atoms with E-state index in [1.54, 1.807) is 21.1 Å². The van der Waals surface area contributed by atoms with Crippen molar-refractivity contribution in [3.8, 4) is 22.8 Å². The Balaban J connectivity index is 1.86. The van der Waals surface area contributed by atoms with Gasteiger partial charge in [0, 0.05) is 16.0 Å². The molecule has 0 atom stereocenters. The van der Waals surface area contributed by atoms with Crippen LogP contribution >= 0.6 is 11.3 Å². The van der Waals surface area contributed by atoms with Gasteiger partial charge in [-0.1, -0.05) is 0 Å². The van der Waals surface area contributed by atoms with Gasteiger partial charge in [-0.25, -0.2) is 9.37 Å². The highest BCUT2D eigenvalue weighted by molar-refractivity contribution is 7.16. The third-order valence-corrected chi connectivity index (χ3v) is 4.98. The molecular weight excluding hydrogens is 367 g/mol. The third-order valence-electron chi connectivity index (χ3n) is 4.09. The van der Waals surface area contributed by atoms with Crippen molar-refractivity contribution >= 4 is 22.4 Å². The zero-order chi connectivity index (χ0) is 19.6. The Bertz CT molecular complexity index is 1000. The molecule has 1 amide bonds. The maximum atomic E-state index is 13.4. The number of nitrogens with one attached hydrogen (secondary N) is 1. The molecule has 2 aromatic carbocycles. The van der Waals surface area contributed by atoms with Crippen LogP contribution in [0.5, 0.6) is 11.5 Å². The van der Waals surface area contributed by atoms with Gasteiger partial charge in [0.05, 0.1) is 19.9 Å². The Morgan fingerprint density at radius 2 is 1.81 bits per heavy atom. The van der Waals surface area contributed by atoms with Gasteiger partial charge in [-0.05, 0) is 55.8 Å². The summed E-state index contributed by atoms with van der Waals surface area (Å²) in [5.41, 5.74) is 2.42. The first-order chi connectivity index (χ1) is 12.9. The number of aromatic nitrogens is 1. The van der Waals surface area contributed by atoms with Crippen LogP contribution in [-0.4, -0.2) is 25.1 Å². The SMILES string of the molecule is COc1ccc(-c2nc(NC(=O)c3ccc(F)c(C)c3)sc2C)cc1OC. The number of carbonyl (C=O) groups is 1. The fourth-order valence-corrected chi connectivity index (χ4v) is 3.49. The van der Waals surface area contributed by atoms with E-state index in [2.05, 4.69) is 10.3 Å². The Kier molecular flexibility index (Phi) is 5.41. The quantitative estimate of drug-likeness (QED) is 0.682. The number of benzene rings is 2. The van der Waals surface area contributed by atoms with Crippen LogP contribution in [0.25, 0.3) is 11.3 Å². The second-order valence-corrected chi connectivity index (χ2v) is 7.11. The van der Waals surface area contributed by atoms with Crippen LogP contribution in [0.1, 0.15) is 20.8 Å². The molecule has 7 heteroatoms. The van der Waals surface area contributed by atoms with Gasteiger partial charge in [0.2, 0.25) is 0 Å². The first kappa shape index (κ1) is 18.8. The van der Waals surface area contributed by atoms with Gasteiger partial charge in [-0.3, -0.25) is 10.1 Å². The lowest BCUT2D eigenvalue weighted by molar-refractivity contribution is 0.102. The number of methoxy groups -OCH3 is 2. The molecule has 0 saturated heterocycles. The first-order valence-corrected chi connectivity index (χ1v) is 9.02. The monoisotopic (exact) mass is 386 g/mol. The zero-order valence-electron chi connectivity index (χ0n) is 15.4. The number of carbonyl (C=O) groups excluding carboxylic acids is 1. The van der Waals surface area contributed by atoms with Crippen molar-refractivity contribution in [3.63, 3.8) is 0 Å². The number of nitrogens with zero attached hydrogens (tertiary/aromatic N) is 1. The zero-order valence-corrected chi connectivity index (χ0v) is 16.2. The second kappa shape index (κ2) is 7.75. The summed E-state index contributed by atoms with van der Waals surface area (Å²) in [6.07, 6.45) is 0. The number of rotatable bonds is 5. The van der Waals surface area contributed by atoms with Crippen molar-refractivity contribution in [2.24, 2.45) is 0 Å². The average Bonchev–Trinajstić information content (AvgIpc) is 3.03. The molecule has 0 aliphatic carbocycles. The Hall–Kier alpha value is -2.93. The summed E-state index contributed by atoms with van der Waals surface area (Å²) in [6, 6.07) is 9.79. The molecule has 0 aliphatic heterocycles. The van der Waals surface area contributed by atoms with Crippen LogP contribution in [0.2, 0.25) is 0 Å². The predicted octanol–water partition coefficient (Wildman–Crippen LogP) is 4.84. The summed E-state index contributed by atoms with van der Waals surface area (Å²) in [6.45, 7) is 3.55. The Morgan fingerprint density at radius 3 is 2.48 bits per heavy atom. The first-order valence-electron chi connectivity index (χ1n) is 8.20. The lowest BCUT2D eigenvalue weighted by Crippen LogP contribution is -2.12. The smallest absolute Gasteiger partial charge is 0.257 e. The minimum Gasteiger partial charge on any atom is -0.493 e. The highest BCUT2D eigenvalue weighted by Gasteiger charge is 2.15. The van der Waals surface area contributed by atoms with Crippen LogP contribution in [0, 0.1) is 19.7 Å². The highest BCUT2D eigenvalue weighted by Crippen LogP contribution is 2.36. The number of thiazole rings is 1. The molecule has 0 saturated carbocycles. The van der Waals surface area contributed by atoms with Crippen molar-refractivity contribution in [2.75, 3.05) is 19.5 Å². The van der Waals surface area contributed by atoms with Crippen LogP contribution in [0.3, 0.4) is 0 Å². The van der Waals surface area contributed by atoms with Gasteiger partial charge in [0.15, 0.2) is 16.6 Å². The van der Waals surface area contributed by atoms with E-state index in [1.165, 1.54) is 29.5 Å². The molecule has 1 N–H and O–H groups in total. The van der Waals surface area contributed by atoms with Crippen molar-refractivity contribution in [1.82, 2.24) is 4.98 Å². The van der Waals surface area contributed by atoms with Crippen LogP contribution in [-0.2, 0) is 0 Å². The minimum absolute atomic E-state index is 0.328. The molecule has 3 rings (SSSR count). The van der Waals surface area contributed by atoms with Crippen LogP contribution < -0.4 is 14.8 Å². The van der Waals surface area contributed by atoms with Gasteiger partial charge in [0.1, 0.15) is 5.82 Å². The topological polar surface area (TPSA) is 60.5 Å². The molecule has 0 fully saturated rings. The number of aryl methyl sites for hydroxylation is 2. The van der Waals surface area contributed by atoms with Crippen molar-refractivity contribution in [1.29, 1.82) is 0 Å². The molecule has 1 heterocycles. The number of hydrogen-bond donors (Lipinski definition) is 1. The largest absolute Gasteiger partial charge is 0.493 e. The van der Waals surface area contributed by atoms with E-state index in [0.29, 0.717) is 27.8 Å². The normalized spacial score (nSPS) is 10.6. The fraction of sp³-hybridized carbons (Fsp3) is 0.200. The molecule has 27 heavy (non-hydrogen) atoms. The number of amides is 1. The number of anilines is 1.